The summed E-state index contributed by atoms with van der Waals surface area (Å²) in [6.07, 6.45) is 0. The van der Waals surface area contributed by atoms with Crippen LogP contribution in [0.1, 0.15) is 12.5 Å². The quantitative estimate of drug-likeness (QED) is 0.476. The maximum Gasteiger partial charge on any atom is 0.0633 e. The smallest absolute Gasteiger partial charge is 0.0633 e. The van der Waals surface area contributed by atoms with Crippen molar-refractivity contribution in [2.45, 2.75) is 19.0 Å². The van der Waals surface area contributed by atoms with E-state index in [0.29, 0.717) is 6.54 Å². The zero-order valence-electron chi connectivity index (χ0n) is 14.1. The molecular weight excluding hydrogens is 330 g/mol. The summed E-state index contributed by atoms with van der Waals surface area (Å²) in [6.45, 7) is 2.22. The predicted octanol–water partition coefficient (Wildman–Crippen LogP) is 4.04. The van der Waals surface area contributed by atoms with Gasteiger partial charge in [0.15, 0.2) is 0 Å². The van der Waals surface area contributed by atoms with E-state index >= 15 is 0 Å². The largest absolute Gasteiger partial charge is 0.394 e. The third-order valence-corrected chi connectivity index (χ3v) is 5.85. The van der Waals surface area contributed by atoms with Crippen LogP contribution in [-0.4, -0.2) is 29.0 Å². The van der Waals surface area contributed by atoms with Crippen LogP contribution in [0.2, 0.25) is 0 Å². The monoisotopic (exact) mass is 351 g/mol. The summed E-state index contributed by atoms with van der Waals surface area (Å²) in [6, 6.07) is 17.2. The summed E-state index contributed by atoms with van der Waals surface area (Å²) in [5.74, 6) is 0. The molecule has 4 aromatic rings. The molecule has 0 bridgehead atoms. The van der Waals surface area contributed by atoms with Crippen LogP contribution >= 0.6 is 11.3 Å². The van der Waals surface area contributed by atoms with Crippen molar-refractivity contribution in [3.8, 4) is 0 Å². The lowest BCUT2D eigenvalue weighted by atomic mass is 9.95. The zero-order chi connectivity index (χ0) is 17.4. The second-order valence-corrected chi connectivity index (χ2v) is 7.75. The summed E-state index contributed by atoms with van der Waals surface area (Å²) in [7, 11) is 0. The molecule has 0 saturated heterocycles. The van der Waals surface area contributed by atoms with Gasteiger partial charge in [-0.3, -0.25) is 0 Å². The molecule has 4 rings (SSSR count). The van der Waals surface area contributed by atoms with Gasteiger partial charge >= 0.3 is 0 Å². The molecule has 0 spiro atoms. The molecule has 0 amide bonds. The lowest BCUT2D eigenvalue weighted by Crippen LogP contribution is -2.48. The van der Waals surface area contributed by atoms with Gasteiger partial charge in [-0.1, -0.05) is 36.4 Å². The number of hydrogen-bond donors (Lipinski definition) is 3. The summed E-state index contributed by atoms with van der Waals surface area (Å²) in [5, 5.41) is 30.8. The second kappa shape index (κ2) is 6.39. The third kappa shape index (κ3) is 2.81. The van der Waals surface area contributed by atoms with E-state index in [2.05, 4.69) is 59.2 Å². The van der Waals surface area contributed by atoms with Gasteiger partial charge in [-0.05, 0) is 56.9 Å². The van der Waals surface area contributed by atoms with Crippen LogP contribution in [-0.2, 0) is 6.54 Å². The summed E-state index contributed by atoms with van der Waals surface area (Å²) in [4.78, 5) is 0. The number of nitrogens with one attached hydrogen (secondary N) is 1. The van der Waals surface area contributed by atoms with E-state index in [0.717, 1.165) is 0 Å². The highest BCUT2D eigenvalue weighted by molar-refractivity contribution is 7.17. The molecule has 128 valence electrons. The van der Waals surface area contributed by atoms with Crippen LogP contribution in [0.5, 0.6) is 0 Å². The van der Waals surface area contributed by atoms with E-state index in [1.54, 1.807) is 11.3 Å². The topological polar surface area (TPSA) is 52.5 Å². The van der Waals surface area contributed by atoms with Crippen molar-refractivity contribution in [3.63, 3.8) is 0 Å². The third-order valence-electron chi connectivity index (χ3n) is 4.98. The predicted molar refractivity (Wildman–Crippen MR) is 106 cm³/mol. The highest BCUT2D eigenvalue weighted by Gasteiger charge is 2.22. The first-order chi connectivity index (χ1) is 12.1. The highest BCUT2D eigenvalue weighted by atomic mass is 32.1. The van der Waals surface area contributed by atoms with Crippen LogP contribution in [0.15, 0.2) is 53.9 Å². The number of thiophene rings is 1. The Morgan fingerprint density at radius 1 is 0.920 bits per heavy atom. The van der Waals surface area contributed by atoms with Crippen LogP contribution in [0.4, 0.5) is 0 Å². The van der Waals surface area contributed by atoms with Gasteiger partial charge in [0.1, 0.15) is 0 Å². The van der Waals surface area contributed by atoms with E-state index in [1.165, 1.54) is 37.2 Å². The molecule has 3 nitrogen and oxygen atoms in total. The molecule has 25 heavy (non-hydrogen) atoms. The molecule has 0 fully saturated rings. The molecule has 1 aromatic heterocycles. The molecule has 0 aliphatic heterocycles. The number of rotatable bonds is 5. The maximum atomic E-state index is 9.57. The fourth-order valence-corrected chi connectivity index (χ4v) is 4.18. The number of aliphatic hydroxyl groups is 2. The molecule has 0 aliphatic carbocycles. The van der Waals surface area contributed by atoms with Crippen molar-refractivity contribution >= 4 is 43.0 Å². The molecule has 0 atom stereocenters. The maximum absolute atomic E-state index is 9.57. The second-order valence-electron chi connectivity index (χ2n) is 6.80. The molecule has 3 aromatic carbocycles. The van der Waals surface area contributed by atoms with Gasteiger partial charge in [0, 0.05) is 11.2 Å². The van der Waals surface area contributed by atoms with Gasteiger partial charge in [-0.2, -0.15) is 0 Å². The van der Waals surface area contributed by atoms with Crippen molar-refractivity contribution in [1.29, 1.82) is 0 Å². The zero-order valence-corrected chi connectivity index (χ0v) is 14.9. The molecule has 0 radical (unpaired) electrons. The SMILES string of the molecule is CC(CO)(CO)NCc1c2ccsc2cc2c1ccc1ccccc12. The minimum atomic E-state index is -0.693. The van der Waals surface area contributed by atoms with Gasteiger partial charge in [0.25, 0.3) is 0 Å². The van der Waals surface area contributed by atoms with Crippen molar-refractivity contribution in [2.24, 2.45) is 0 Å². The van der Waals surface area contributed by atoms with E-state index in [9.17, 15) is 10.2 Å². The average molecular weight is 351 g/mol. The van der Waals surface area contributed by atoms with Crippen LogP contribution in [0, 0.1) is 0 Å². The van der Waals surface area contributed by atoms with Crippen LogP contribution in [0.25, 0.3) is 31.6 Å². The minimum absolute atomic E-state index is 0.107. The highest BCUT2D eigenvalue weighted by Crippen LogP contribution is 2.35. The molecule has 0 unspecified atom stereocenters. The normalized spacial score (nSPS) is 12.4. The number of aliphatic hydroxyl groups excluding tert-OH is 2. The fourth-order valence-electron chi connectivity index (χ4n) is 3.33. The van der Waals surface area contributed by atoms with Crippen molar-refractivity contribution in [2.75, 3.05) is 13.2 Å². The average Bonchev–Trinajstić information content (AvgIpc) is 3.13. The lowest BCUT2D eigenvalue weighted by molar-refractivity contribution is 0.103. The van der Waals surface area contributed by atoms with Crippen molar-refractivity contribution in [1.82, 2.24) is 5.32 Å². The molecule has 1 heterocycles. The van der Waals surface area contributed by atoms with Gasteiger partial charge in [0.05, 0.1) is 18.8 Å². The van der Waals surface area contributed by atoms with Crippen molar-refractivity contribution in [3.05, 3.63) is 59.5 Å². The molecule has 0 saturated carbocycles. The Morgan fingerprint density at radius 3 is 2.52 bits per heavy atom. The van der Waals surface area contributed by atoms with E-state index < -0.39 is 5.54 Å². The summed E-state index contributed by atoms with van der Waals surface area (Å²) in [5.41, 5.74) is 0.522. The molecule has 0 aliphatic rings. The molecule has 3 N–H and O–H groups in total. The van der Waals surface area contributed by atoms with Gasteiger partial charge < -0.3 is 15.5 Å². The van der Waals surface area contributed by atoms with Gasteiger partial charge in [-0.15, -0.1) is 11.3 Å². The van der Waals surface area contributed by atoms with Gasteiger partial charge in [0.2, 0.25) is 0 Å². The fraction of sp³-hybridized carbons (Fsp3) is 0.238. The molecular formula is C21H21NO2S. The first-order valence-corrected chi connectivity index (χ1v) is 9.30. The Labute approximate surface area is 150 Å². The van der Waals surface area contributed by atoms with Crippen LogP contribution < -0.4 is 5.32 Å². The Bertz CT molecular complexity index is 1050. The Balaban J connectivity index is 1.93. The van der Waals surface area contributed by atoms with Crippen LogP contribution in [0.3, 0.4) is 0 Å². The van der Waals surface area contributed by atoms with E-state index in [4.69, 9.17) is 0 Å². The summed E-state index contributed by atoms with van der Waals surface area (Å²) < 4.78 is 1.26. The van der Waals surface area contributed by atoms with Gasteiger partial charge in [-0.25, -0.2) is 0 Å². The Kier molecular flexibility index (Phi) is 4.21. The first kappa shape index (κ1) is 16.5. The standard InChI is InChI=1S/C21H21NO2S/c1-21(12-23,13-24)22-11-19-16-7-6-14-4-2-3-5-15(14)18(16)10-20-17(19)8-9-25-20/h2-10,22-24H,11-13H2,1H3. The number of fused-ring (bicyclic) bond motifs is 4. The summed E-state index contributed by atoms with van der Waals surface area (Å²) >= 11 is 1.74. The lowest BCUT2D eigenvalue weighted by Gasteiger charge is -2.27. The number of hydrogen-bond acceptors (Lipinski definition) is 4. The van der Waals surface area contributed by atoms with Crippen molar-refractivity contribution < 1.29 is 10.2 Å². The minimum Gasteiger partial charge on any atom is -0.394 e. The Morgan fingerprint density at radius 2 is 1.72 bits per heavy atom. The first-order valence-electron chi connectivity index (χ1n) is 8.42. The van der Waals surface area contributed by atoms with E-state index in [-0.39, 0.29) is 13.2 Å². The van der Waals surface area contributed by atoms with E-state index in [1.807, 2.05) is 6.92 Å². The number of benzene rings is 3. The molecule has 4 heteroatoms. The Hall–Kier alpha value is -1.98.